The van der Waals surface area contributed by atoms with E-state index >= 15 is 0 Å². The molecule has 1 fully saturated rings. The summed E-state index contributed by atoms with van der Waals surface area (Å²) in [4.78, 5) is 14.2. The van der Waals surface area contributed by atoms with Crippen molar-refractivity contribution in [1.29, 1.82) is 0 Å². The van der Waals surface area contributed by atoms with Gasteiger partial charge in [0.05, 0.1) is 13.7 Å². The number of nitrogens with zero attached hydrogens (tertiary/aromatic N) is 3. The predicted molar refractivity (Wildman–Crippen MR) is 95.8 cm³/mol. The fourth-order valence-corrected chi connectivity index (χ4v) is 2.96. The largest absolute Gasteiger partial charge is 0.480 e. The highest BCUT2D eigenvalue weighted by molar-refractivity contribution is 5.92. The average Bonchev–Trinajstić information content (AvgIpc) is 3.35. The number of carbonyl (C=O) groups excluding carboxylic acids is 1. The molecule has 1 saturated heterocycles. The molecule has 0 spiro atoms. The third-order valence-electron chi connectivity index (χ3n) is 4.38. The standard InChI is InChI=1S/C19H19N3O5/c1-24-17-5-6-18(21-20-17)27-14-8-9-22(11-14)19(23)7-3-13-2-4-15-16(10-13)26-12-25-15/h2-7,10,14H,8-9,11-12H2,1H3/b7-3+. The molecule has 1 aromatic carbocycles. The van der Waals surface area contributed by atoms with Crippen molar-refractivity contribution in [2.24, 2.45) is 0 Å². The molecule has 1 unspecified atom stereocenters. The third-order valence-corrected chi connectivity index (χ3v) is 4.38. The third kappa shape index (κ3) is 3.94. The Morgan fingerprint density at radius 3 is 2.81 bits per heavy atom. The minimum Gasteiger partial charge on any atom is -0.480 e. The summed E-state index contributed by atoms with van der Waals surface area (Å²) in [6.07, 6.45) is 3.98. The maximum Gasteiger partial charge on any atom is 0.246 e. The van der Waals surface area contributed by atoms with Crippen molar-refractivity contribution >= 4 is 12.0 Å². The number of amides is 1. The summed E-state index contributed by atoms with van der Waals surface area (Å²) in [5, 5.41) is 7.82. The number of rotatable bonds is 5. The predicted octanol–water partition coefficient (Wildman–Crippen LogP) is 1.91. The normalized spacial score (nSPS) is 18.1. The van der Waals surface area contributed by atoms with Crippen molar-refractivity contribution in [2.45, 2.75) is 12.5 Å². The summed E-state index contributed by atoms with van der Waals surface area (Å²) in [7, 11) is 1.53. The lowest BCUT2D eigenvalue weighted by Gasteiger charge is -2.15. The Kier molecular flexibility index (Phi) is 4.78. The lowest BCUT2D eigenvalue weighted by atomic mass is 10.2. The molecule has 1 aromatic heterocycles. The monoisotopic (exact) mass is 369 g/mol. The molecule has 2 aromatic rings. The van der Waals surface area contributed by atoms with Gasteiger partial charge in [0.25, 0.3) is 0 Å². The number of likely N-dealkylation sites (tertiary alicyclic amines) is 1. The first-order chi connectivity index (χ1) is 13.2. The number of hydrogen-bond acceptors (Lipinski definition) is 7. The van der Waals surface area contributed by atoms with E-state index in [0.29, 0.717) is 30.6 Å². The Labute approximate surface area is 156 Å². The van der Waals surface area contributed by atoms with E-state index in [2.05, 4.69) is 10.2 Å². The summed E-state index contributed by atoms with van der Waals surface area (Å²) in [6.45, 7) is 1.38. The quantitative estimate of drug-likeness (QED) is 0.745. The van der Waals surface area contributed by atoms with Gasteiger partial charge in [-0.2, -0.15) is 0 Å². The van der Waals surface area contributed by atoms with E-state index < -0.39 is 0 Å². The molecule has 2 aliphatic rings. The summed E-state index contributed by atoms with van der Waals surface area (Å²) < 4.78 is 21.4. The van der Waals surface area contributed by atoms with Gasteiger partial charge in [-0.1, -0.05) is 6.07 Å². The van der Waals surface area contributed by atoms with Crippen LogP contribution in [0.2, 0.25) is 0 Å². The van der Waals surface area contributed by atoms with Gasteiger partial charge >= 0.3 is 0 Å². The Morgan fingerprint density at radius 2 is 2.00 bits per heavy atom. The Hall–Kier alpha value is -3.29. The van der Waals surface area contributed by atoms with E-state index in [0.717, 1.165) is 17.7 Å². The van der Waals surface area contributed by atoms with Crippen LogP contribution < -0.4 is 18.9 Å². The van der Waals surface area contributed by atoms with Crippen LogP contribution in [0.25, 0.3) is 6.08 Å². The molecule has 27 heavy (non-hydrogen) atoms. The van der Waals surface area contributed by atoms with Gasteiger partial charge in [0, 0.05) is 31.2 Å². The molecule has 0 aliphatic carbocycles. The van der Waals surface area contributed by atoms with Crippen LogP contribution in [0.15, 0.2) is 36.4 Å². The van der Waals surface area contributed by atoms with Crippen LogP contribution in [0.5, 0.6) is 23.3 Å². The van der Waals surface area contributed by atoms with Crippen molar-refractivity contribution in [3.05, 3.63) is 42.0 Å². The molecule has 0 N–H and O–H groups in total. The molecule has 2 aliphatic heterocycles. The Balaban J connectivity index is 1.32. The van der Waals surface area contributed by atoms with E-state index in [1.54, 1.807) is 29.2 Å². The minimum absolute atomic E-state index is 0.0559. The van der Waals surface area contributed by atoms with E-state index in [-0.39, 0.29) is 18.8 Å². The molecule has 140 valence electrons. The van der Waals surface area contributed by atoms with Gasteiger partial charge in [0.1, 0.15) is 6.10 Å². The summed E-state index contributed by atoms with van der Waals surface area (Å²) in [5.41, 5.74) is 0.883. The van der Waals surface area contributed by atoms with Crippen molar-refractivity contribution in [2.75, 3.05) is 27.0 Å². The Morgan fingerprint density at radius 1 is 1.19 bits per heavy atom. The number of hydrogen-bond donors (Lipinski definition) is 0. The number of benzene rings is 1. The highest BCUT2D eigenvalue weighted by atomic mass is 16.7. The molecule has 0 bridgehead atoms. The SMILES string of the molecule is COc1ccc(OC2CCN(C(=O)/C=C/c3ccc4c(c3)OCO4)C2)nn1. The summed E-state index contributed by atoms with van der Waals surface area (Å²) in [6, 6.07) is 8.96. The summed E-state index contributed by atoms with van der Waals surface area (Å²) >= 11 is 0. The average molecular weight is 369 g/mol. The number of carbonyl (C=O) groups is 1. The van der Waals surface area contributed by atoms with Crippen molar-refractivity contribution < 1.29 is 23.7 Å². The number of fused-ring (bicyclic) bond motifs is 1. The molecule has 4 rings (SSSR count). The first-order valence-electron chi connectivity index (χ1n) is 8.62. The van der Waals surface area contributed by atoms with Crippen molar-refractivity contribution in [3.63, 3.8) is 0 Å². The van der Waals surface area contributed by atoms with Gasteiger partial charge in [0.15, 0.2) is 11.5 Å². The van der Waals surface area contributed by atoms with Gasteiger partial charge in [-0.25, -0.2) is 0 Å². The lowest BCUT2D eigenvalue weighted by molar-refractivity contribution is -0.125. The summed E-state index contributed by atoms with van der Waals surface area (Å²) in [5.74, 6) is 2.21. The van der Waals surface area contributed by atoms with Crippen LogP contribution in [-0.2, 0) is 4.79 Å². The highest BCUT2D eigenvalue weighted by Gasteiger charge is 2.27. The first-order valence-corrected chi connectivity index (χ1v) is 8.62. The van der Waals surface area contributed by atoms with Crippen LogP contribution in [0.1, 0.15) is 12.0 Å². The molecule has 8 nitrogen and oxygen atoms in total. The number of aromatic nitrogens is 2. The van der Waals surface area contributed by atoms with Crippen LogP contribution in [0, 0.1) is 0 Å². The fourth-order valence-electron chi connectivity index (χ4n) is 2.96. The number of methoxy groups -OCH3 is 1. The molecular weight excluding hydrogens is 350 g/mol. The van der Waals surface area contributed by atoms with E-state index in [1.807, 2.05) is 18.2 Å². The zero-order chi connectivity index (χ0) is 18.6. The van der Waals surface area contributed by atoms with Gasteiger partial charge in [-0.15, -0.1) is 10.2 Å². The zero-order valence-electron chi connectivity index (χ0n) is 14.8. The second-order valence-corrected chi connectivity index (χ2v) is 6.17. The zero-order valence-corrected chi connectivity index (χ0v) is 14.8. The van der Waals surface area contributed by atoms with Crippen molar-refractivity contribution in [1.82, 2.24) is 15.1 Å². The van der Waals surface area contributed by atoms with Gasteiger partial charge in [-0.3, -0.25) is 4.79 Å². The maximum absolute atomic E-state index is 12.4. The maximum atomic E-state index is 12.4. The molecule has 1 atom stereocenters. The highest BCUT2D eigenvalue weighted by Crippen LogP contribution is 2.32. The molecule has 0 saturated carbocycles. The Bertz CT molecular complexity index is 853. The minimum atomic E-state index is -0.101. The number of ether oxygens (including phenoxy) is 4. The molecule has 8 heteroatoms. The van der Waals surface area contributed by atoms with Crippen LogP contribution >= 0.6 is 0 Å². The first kappa shape index (κ1) is 17.1. The molecule has 0 radical (unpaired) electrons. The van der Waals surface area contributed by atoms with E-state index in [9.17, 15) is 4.79 Å². The molecule has 1 amide bonds. The van der Waals surface area contributed by atoms with Gasteiger partial charge < -0.3 is 23.8 Å². The van der Waals surface area contributed by atoms with E-state index in [4.69, 9.17) is 18.9 Å². The van der Waals surface area contributed by atoms with Crippen LogP contribution in [0.3, 0.4) is 0 Å². The molecular formula is C19H19N3O5. The second kappa shape index (κ2) is 7.53. The smallest absolute Gasteiger partial charge is 0.246 e. The fraction of sp³-hybridized carbons (Fsp3) is 0.316. The van der Waals surface area contributed by atoms with Crippen LogP contribution in [-0.4, -0.2) is 54.1 Å². The topological polar surface area (TPSA) is 83.0 Å². The molecule has 3 heterocycles. The van der Waals surface area contributed by atoms with E-state index in [1.165, 1.54) is 7.11 Å². The van der Waals surface area contributed by atoms with Crippen LogP contribution in [0.4, 0.5) is 0 Å². The van der Waals surface area contributed by atoms with Crippen molar-refractivity contribution in [3.8, 4) is 23.3 Å². The second-order valence-electron chi connectivity index (χ2n) is 6.17. The van der Waals surface area contributed by atoms with Gasteiger partial charge in [-0.05, 0) is 23.8 Å². The lowest BCUT2D eigenvalue weighted by Crippen LogP contribution is -2.29. The van der Waals surface area contributed by atoms with Gasteiger partial charge in [0.2, 0.25) is 24.5 Å².